The van der Waals surface area contributed by atoms with E-state index in [4.69, 9.17) is 10.5 Å². The van der Waals surface area contributed by atoms with E-state index in [-0.39, 0.29) is 17.1 Å². The first kappa shape index (κ1) is 15.4. The van der Waals surface area contributed by atoms with E-state index in [2.05, 4.69) is 20.8 Å². The number of benzene rings is 1. The number of nitrogens with zero attached hydrogens (tertiary/aromatic N) is 1. The standard InChI is InChI=1S/C14H22N2O3/c1-14(2,3)13(15)8-5-10-9-11(16(17)18)6-7-12(10)19-4/h6-7,9,13H,5,8,15H2,1-4H3. The summed E-state index contributed by atoms with van der Waals surface area (Å²) in [5.74, 6) is 0.673. The molecule has 5 heteroatoms. The maximum Gasteiger partial charge on any atom is 0.269 e. The Morgan fingerprint density at radius 3 is 2.53 bits per heavy atom. The van der Waals surface area contributed by atoms with Gasteiger partial charge in [0.25, 0.3) is 5.69 Å². The Morgan fingerprint density at radius 1 is 1.42 bits per heavy atom. The van der Waals surface area contributed by atoms with Gasteiger partial charge in [-0.15, -0.1) is 0 Å². The third-order valence-corrected chi connectivity index (χ3v) is 3.31. The molecule has 0 saturated heterocycles. The number of aryl methyl sites for hydroxylation is 1. The highest BCUT2D eigenvalue weighted by Crippen LogP contribution is 2.27. The summed E-state index contributed by atoms with van der Waals surface area (Å²) in [6, 6.07) is 4.69. The largest absolute Gasteiger partial charge is 0.496 e. The molecule has 1 aromatic carbocycles. The molecule has 19 heavy (non-hydrogen) atoms. The lowest BCUT2D eigenvalue weighted by Crippen LogP contribution is -2.35. The quantitative estimate of drug-likeness (QED) is 0.656. The fourth-order valence-electron chi connectivity index (χ4n) is 1.82. The average Bonchev–Trinajstić information content (AvgIpc) is 2.34. The van der Waals surface area contributed by atoms with Crippen LogP contribution in [-0.2, 0) is 6.42 Å². The first-order valence-corrected chi connectivity index (χ1v) is 6.32. The maximum atomic E-state index is 10.8. The molecular weight excluding hydrogens is 244 g/mol. The molecule has 0 saturated carbocycles. The van der Waals surface area contributed by atoms with Gasteiger partial charge in [-0.3, -0.25) is 10.1 Å². The summed E-state index contributed by atoms with van der Waals surface area (Å²) in [6.07, 6.45) is 1.43. The Hall–Kier alpha value is -1.62. The molecule has 0 aliphatic carbocycles. The van der Waals surface area contributed by atoms with Crippen molar-refractivity contribution in [1.29, 1.82) is 0 Å². The highest BCUT2D eigenvalue weighted by Gasteiger charge is 2.21. The van der Waals surface area contributed by atoms with Crippen LogP contribution in [0.4, 0.5) is 5.69 Å². The fraction of sp³-hybridized carbons (Fsp3) is 0.571. The SMILES string of the molecule is COc1ccc([N+](=O)[O-])cc1CCC(N)C(C)(C)C. The Kier molecular flexibility index (Phi) is 4.89. The van der Waals surface area contributed by atoms with Gasteiger partial charge in [0.15, 0.2) is 0 Å². The van der Waals surface area contributed by atoms with E-state index in [1.807, 2.05) is 0 Å². The monoisotopic (exact) mass is 266 g/mol. The van der Waals surface area contributed by atoms with Crippen LogP contribution in [0.2, 0.25) is 0 Å². The van der Waals surface area contributed by atoms with Gasteiger partial charge in [-0.2, -0.15) is 0 Å². The maximum absolute atomic E-state index is 10.8. The third-order valence-electron chi connectivity index (χ3n) is 3.31. The molecule has 1 atom stereocenters. The molecule has 1 aromatic rings. The molecular formula is C14H22N2O3. The van der Waals surface area contributed by atoms with E-state index in [1.54, 1.807) is 19.2 Å². The molecule has 0 aliphatic rings. The molecule has 1 unspecified atom stereocenters. The summed E-state index contributed by atoms with van der Waals surface area (Å²) >= 11 is 0. The van der Waals surface area contributed by atoms with Gasteiger partial charge in [0.2, 0.25) is 0 Å². The van der Waals surface area contributed by atoms with Gasteiger partial charge < -0.3 is 10.5 Å². The highest BCUT2D eigenvalue weighted by molar-refractivity contribution is 5.43. The van der Waals surface area contributed by atoms with Gasteiger partial charge in [-0.1, -0.05) is 20.8 Å². The predicted octanol–water partition coefficient (Wildman–Crippen LogP) is 2.91. The van der Waals surface area contributed by atoms with E-state index in [9.17, 15) is 10.1 Å². The minimum atomic E-state index is -0.396. The second-order valence-corrected chi connectivity index (χ2v) is 5.76. The molecule has 2 N–H and O–H groups in total. The summed E-state index contributed by atoms with van der Waals surface area (Å²) in [5, 5.41) is 10.8. The molecule has 0 fully saturated rings. The van der Waals surface area contributed by atoms with E-state index in [0.717, 1.165) is 12.0 Å². The lowest BCUT2D eigenvalue weighted by Gasteiger charge is -2.27. The van der Waals surface area contributed by atoms with Crippen molar-refractivity contribution in [2.45, 2.75) is 39.7 Å². The topological polar surface area (TPSA) is 78.4 Å². The first-order chi connectivity index (χ1) is 8.75. The number of ether oxygens (including phenoxy) is 1. The number of nitro groups is 1. The lowest BCUT2D eigenvalue weighted by atomic mass is 9.84. The van der Waals surface area contributed by atoms with Crippen LogP contribution in [0.1, 0.15) is 32.8 Å². The lowest BCUT2D eigenvalue weighted by molar-refractivity contribution is -0.384. The van der Waals surface area contributed by atoms with E-state index < -0.39 is 4.92 Å². The van der Waals surface area contributed by atoms with Crippen LogP contribution in [0, 0.1) is 15.5 Å². The molecule has 0 bridgehead atoms. The van der Waals surface area contributed by atoms with Crippen LogP contribution in [0.15, 0.2) is 18.2 Å². The van der Waals surface area contributed by atoms with Crippen LogP contribution in [-0.4, -0.2) is 18.1 Å². The van der Waals surface area contributed by atoms with Crippen LogP contribution in [0.3, 0.4) is 0 Å². The van der Waals surface area contributed by atoms with Crippen LogP contribution in [0.5, 0.6) is 5.75 Å². The van der Waals surface area contributed by atoms with Crippen LogP contribution in [0.25, 0.3) is 0 Å². The zero-order valence-corrected chi connectivity index (χ0v) is 12.0. The van der Waals surface area contributed by atoms with Gasteiger partial charge in [-0.05, 0) is 24.3 Å². The average molecular weight is 266 g/mol. The summed E-state index contributed by atoms with van der Waals surface area (Å²) in [5.41, 5.74) is 7.05. The van der Waals surface area contributed by atoms with Crippen LogP contribution < -0.4 is 10.5 Å². The van der Waals surface area contributed by atoms with Gasteiger partial charge in [0.05, 0.1) is 12.0 Å². The van der Waals surface area contributed by atoms with Crippen molar-refractivity contribution in [2.24, 2.45) is 11.1 Å². The summed E-state index contributed by atoms with van der Waals surface area (Å²) in [4.78, 5) is 10.4. The predicted molar refractivity (Wildman–Crippen MR) is 75.4 cm³/mol. The molecule has 0 aromatic heterocycles. The summed E-state index contributed by atoms with van der Waals surface area (Å²) in [6.45, 7) is 6.26. The number of rotatable bonds is 5. The van der Waals surface area contributed by atoms with Crippen LogP contribution >= 0.6 is 0 Å². The second-order valence-electron chi connectivity index (χ2n) is 5.76. The molecule has 0 amide bonds. The van der Waals surface area contributed by atoms with Crippen molar-refractivity contribution in [1.82, 2.24) is 0 Å². The first-order valence-electron chi connectivity index (χ1n) is 6.32. The molecule has 0 heterocycles. The molecule has 0 spiro atoms. The number of methoxy groups -OCH3 is 1. The van der Waals surface area contributed by atoms with Gasteiger partial charge >= 0.3 is 0 Å². The van der Waals surface area contributed by atoms with Gasteiger partial charge in [0, 0.05) is 23.7 Å². The molecule has 0 radical (unpaired) electrons. The Morgan fingerprint density at radius 2 is 2.05 bits per heavy atom. The zero-order valence-electron chi connectivity index (χ0n) is 12.0. The number of nitrogens with two attached hydrogens (primary N) is 1. The molecule has 1 rings (SSSR count). The smallest absolute Gasteiger partial charge is 0.269 e. The van der Waals surface area contributed by atoms with Crippen molar-refractivity contribution in [3.63, 3.8) is 0 Å². The summed E-state index contributed by atoms with van der Waals surface area (Å²) in [7, 11) is 1.56. The zero-order chi connectivity index (χ0) is 14.6. The molecule has 0 aliphatic heterocycles. The number of nitro benzene ring substituents is 1. The van der Waals surface area contributed by atoms with Crippen molar-refractivity contribution in [2.75, 3.05) is 7.11 Å². The number of hydrogen-bond acceptors (Lipinski definition) is 4. The Balaban J connectivity index is 2.87. The van der Waals surface area contributed by atoms with E-state index in [0.29, 0.717) is 12.2 Å². The van der Waals surface area contributed by atoms with Crippen molar-refractivity contribution in [3.05, 3.63) is 33.9 Å². The molecule has 5 nitrogen and oxygen atoms in total. The third kappa shape index (κ3) is 4.21. The minimum absolute atomic E-state index is 0.0218. The number of non-ortho nitro benzene ring substituents is 1. The van der Waals surface area contributed by atoms with E-state index >= 15 is 0 Å². The normalized spacial score (nSPS) is 13.1. The van der Waals surface area contributed by atoms with E-state index in [1.165, 1.54) is 6.07 Å². The fourth-order valence-corrected chi connectivity index (χ4v) is 1.82. The summed E-state index contributed by atoms with van der Waals surface area (Å²) < 4.78 is 5.23. The Bertz CT molecular complexity index is 452. The van der Waals surface area contributed by atoms with Crippen molar-refractivity contribution < 1.29 is 9.66 Å². The van der Waals surface area contributed by atoms with Crippen molar-refractivity contribution in [3.8, 4) is 5.75 Å². The van der Waals surface area contributed by atoms with Gasteiger partial charge in [-0.25, -0.2) is 0 Å². The Labute approximate surface area is 113 Å². The molecule has 106 valence electrons. The minimum Gasteiger partial charge on any atom is -0.496 e. The second kappa shape index (κ2) is 6.02. The van der Waals surface area contributed by atoms with Crippen molar-refractivity contribution >= 4 is 5.69 Å². The van der Waals surface area contributed by atoms with Gasteiger partial charge in [0.1, 0.15) is 5.75 Å². The number of hydrogen-bond donors (Lipinski definition) is 1. The highest BCUT2D eigenvalue weighted by atomic mass is 16.6.